The molecular formula is C16H12F6O. The third-order valence-corrected chi connectivity index (χ3v) is 3.27. The minimum atomic E-state index is -4.87. The molecule has 0 aliphatic rings. The van der Waals surface area contributed by atoms with Crippen LogP contribution < -0.4 is 4.74 Å². The maximum atomic E-state index is 13.1. The predicted octanol–water partition coefficient (Wildman–Crippen LogP) is 5.32. The maximum absolute atomic E-state index is 13.1. The summed E-state index contributed by atoms with van der Waals surface area (Å²) in [5.74, 6) is 0.461. The average molecular weight is 334 g/mol. The molecule has 0 saturated heterocycles. The van der Waals surface area contributed by atoms with Crippen molar-refractivity contribution in [2.45, 2.75) is 18.8 Å². The molecule has 2 aromatic rings. The summed E-state index contributed by atoms with van der Waals surface area (Å²) in [6, 6.07) is 8.02. The van der Waals surface area contributed by atoms with E-state index in [4.69, 9.17) is 4.74 Å². The second-order valence-corrected chi connectivity index (χ2v) is 4.90. The third kappa shape index (κ3) is 4.18. The van der Waals surface area contributed by atoms with Crippen LogP contribution in [0.3, 0.4) is 0 Å². The first kappa shape index (κ1) is 17.2. The Balaban J connectivity index is 2.45. The van der Waals surface area contributed by atoms with Gasteiger partial charge in [0.05, 0.1) is 18.2 Å². The highest BCUT2D eigenvalue weighted by atomic mass is 19.4. The Labute approximate surface area is 128 Å². The number of benzene rings is 2. The molecule has 124 valence electrons. The van der Waals surface area contributed by atoms with E-state index in [0.29, 0.717) is 17.4 Å². The monoisotopic (exact) mass is 334 g/mol. The second kappa shape index (κ2) is 6.14. The quantitative estimate of drug-likeness (QED) is 0.690. The first-order valence-electron chi connectivity index (χ1n) is 6.51. The van der Waals surface area contributed by atoms with Crippen molar-refractivity contribution < 1.29 is 31.1 Å². The summed E-state index contributed by atoms with van der Waals surface area (Å²) in [6.45, 7) is 0. The van der Waals surface area contributed by atoms with Crippen LogP contribution in [0.5, 0.6) is 5.75 Å². The van der Waals surface area contributed by atoms with Gasteiger partial charge in [-0.2, -0.15) is 26.3 Å². The average Bonchev–Trinajstić information content (AvgIpc) is 2.45. The zero-order chi connectivity index (χ0) is 17.3. The minimum absolute atomic E-state index is 0.148. The number of methoxy groups -OCH3 is 1. The first-order chi connectivity index (χ1) is 10.6. The zero-order valence-corrected chi connectivity index (χ0v) is 11.9. The van der Waals surface area contributed by atoms with Crippen LogP contribution in [0.15, 0.2) is 42.5 Å². The summed E-state index contributed by atoms with van der Waals surface area (Å²) in [5.41, 5.74) is -2.32. The van der Waals surface area contributed by atoms with Crippen molar-refractivity contribution in [3.8, 4) is 5.75 Å². The highest BCUT2D eigenvalue weighted by molar-refractivity contribution is 5.40. The molecule has 0 unspecified atom stereocenters. The van der Waals surface area contributed by atoms with Gasteiger partial charge < -0.3 is 4.74 Å². The van der Waals surface area contributed by atoms with Gasteiger partial charge in [0.25, 0.3) is 0 Å². The molecule has 0 aliphatic heterocycles. The summed E-state index contributed by atoms with van der Waals surface area (Å²) in [5, 5.41) is 0. The molecule has 0 saturated carbocycles. The molecule has 7 heteroatoms. The van der Waals surface area contributed by atoms with E-state index in [1.54, 1.807) is 18.2 Å². The van der Waals surface area contributed by atoms with Gasteiger partial charge in [-0.15, -0.1) is 0 Å². The summed E-state index contributed by atoms with van der Waals surface area (Å²) >= 11 is 0. The van der Waals surface area contributed by atoms with Gasteiger partial charge in [0, 0.05) is 0 Å². The first-order valence-corrected chi connectivity index (χ1v) is 6.51. The van der Waals surface area contributed by atoms with E-state index in [0.717, 1.165) is 6.07 Å². The van der Waals surface area contributed by atoms with Crippen LogP contribution in [-0.4, -0.2) is 7.11 Å². The Morgan fingerprint density at radius 1 is 0.870 bits per heavy atom. The number of ether oxygens (including phenoxy) is 1. The number of hydrogen-bond donors (Lipinski definition) is 0. The largest absolute Gasteiger partial charge is 0.497 e. The van der Waals surface area contributed by atoms with Crippen molar-refractivity contribution >= 4 is 0 Å². The fraction of sp³-hybridized carbons (Fsp3) is 0.250. The number of halogens is 6. The highest BCUT2D eigenvalue weighted by Crippen LogP contribution is 2.38. The molecule has 0 heterocycles. The van der Waals surface area contributed by atoms with Gasteiger partial charge in [-0.05, 0) is 41.8 Å². The standard InChI is InChI=1S/C16H12F6O/c1-23-13-4-2-3-10(8-13)7-11-5-6-12(15(17,18)19)9-14(11)16(20,21)22/h2-6,8-9H,7H2,1H3. The van der Waals surface area contributed by atoms with Gasteiger partial charge in [0.15, 0.2) is 0 Å². The molecule has 0 N–H and O–H groups in total. The summed E-state index contributed by atoms with van der Waals surface area (Å²) in [4.78, 5) is 0. The fourth-order valence-corrected chi connectivity index (χ4v) is 2.17. The molecule has 0 aromatic heterocycles. The summed E-state index contributed by atoms with van der Waals surface area (Å²) < 4.78 is 82.1. The van der Waals surface area contributed by atoms with E-state index < -0.39 is 23.5 Å². The zero-order valence-electron chi connectivity index (χ0n) is 11.9. The lowest BCUT2D eigenvalue weighted by Gasteiger charge is -2.16. The van der Waals surface area contributed by atoms with Gasteiger partial charge >= 0.3 is 12.4 Å². The molecule has 0 bridgehead atoms. The number of alkyl halides is 6. The van der Waals surface area contributed by atoms with E-state index in [2.05, 4.69) is 0 Å². The molecule has 0 radical (unpaired) electrons. The second-order valence-electron chi connectivity index (χ2n) is 4.90. The van der Waals surface area contributed by atoms with E-state index >= 15 is 0 Å². The van der Waals surface area contributed by atoms with Crippen LogP contribution in [0.2, 0.25) is 0 Å². The Hall–Kier alpha value is -2.18. The van der Waals surface area contributed by atoms with Gasteiger partial charge in [-0.25, -0.2) is 0 Å². The van der Waals surface area contributed by atoms with Crippen LogP contribution in [0.1, 0.15) is 22.3 Å². The van der Waals surface area contributed by atoms with E-state index in [-0.39, 0.29) is 18.1 Å². The molecular weight excluding hydrogens is 322 g/mol. The molecule has 0 fully saturated rings. The normalized spacial score (nSPS) is 12.3. The van der Waals surface area contributed by atoms with Crippen molar-refractivity contribution in [1.82, 2.24) is 0 Å². The van der Waals surface area contributed by atoms with Crippen LogP contribution >= 0.6 is 0 Å². The van der Waals surface area contributed by atoms with Gasteiger partial charge in [0.1, 0.15) is 5.75 Å². The number of rotatable bonds is 3. The lowest BCUT2D eigenvalue weighted by Crippen LogP contribution is -2.13. The van der Waals surface area contributed by atoms with Crippen LogP contribution in [0.4, 0.5) is 26.3 Å². The Kier molecular flexibility index (Phi) is 4.58. The van der Waals surface area contributed by atoms with E-state index in [1.165, 1.54) is 13.2 Å². The minimum Gasteiger partial charge on any atom is -0.497 e. The van der Waals surface area contributed by atoms with Crippen molar-refractivity contribution in [2.75, 3.05) is 7.11 Å². The molecule has 23 heavy (non-hydrogen) atoms. The molecule has 1 nitrogen and oxygen atoms in total. The van der Waals surface area contributed by atoms with Gasteiger partial charge in [-0.3, -0.25) is 0 Å². The smallest absolute Gasteiger partial charge is 0.416 e. The summed E-state index contributed by atoms with van der Waals surface area (Å²) in [6.07, 6.45) is -9.84. The van der Waals surface area contributed by atoms with Crippen LogP contribution in [0.25, 0.3) is 0 Å². The summed E-state index contributed by atoms with van der Waals surface area (Å²) in [7, 11) is 1.42. The highest BCUT2D eigenvalue weighted by Gasteiger charge is 2.37. The van der Waals surface area contributed by atoms with E-state index in [9.17, 15) is 26.3 Å². The fourth-order valence-electron chi connectivity index (χ4n) is 2.17. The molecule has 0 spiro atoms. The lowest BCUT2D eigenvalue weighted by atomic mass is 9.97. The van der Waals surface area contributed by atoms with Crippen molar-refractivity contribution in [3.05, 3.63) is 64.7 Å². The van der Waals surface area contributed by atoms with Crippen molar-refractivity contribution in [3.63, 3.8) is 0 Å². The van der Waals surface area contributed by atoms with Crippen molar-refractivity contribution in [1.29, 1.82) is 0 Å². The van der Waals surface area contributed by atoms with Crippen LogP contribution in [-0.2, 0) is 18.8 Å². The van der Waals surface area contributed by atoms with Gasteiger partial charge in [0.2, 0.25) is 0 Å². The molecule has 2 rings (SSSR count). The molecule has 0 atom stereocenters. The van der Waals surface area contributed by atoms with Crippen LogP contribution in [0, 0.1) is 0 Å². The Morgan fingerprint density at radius 2 is 1.57 bits per heavy atom. The molecule has 0 aliphatic carbocycles. The Morgan fingerprint density at radius 3 is 2.13 bits per heavy atom. The Bertz CT molecular complexity index is 688. The SMILES string of the molecule is COc1cccc(Cc2ccc(C(F)(F)F)cc2C(F)(F)F)c1. The lowest BCUT2D eigenvalue weighted by molar-refractivity contribution is -0.143. The third-order valence-electron chi connectivity index (χ3n) is 3.27. The van der Waals surface area contributed by atoms with E-state index in [1.807, 2.05) is 0 Å². The predicted molar refractivity (Wildman–Crippen MR) is 72.2 cm³/mol. The molecule has 2 aromatic carbocycles. The topological polar surface area (TPSA) is 9.23 Å². The van der Waals surface area contributed by atoms with Gasteiger partial charge in [-0.1, -0.05) is 18.2 Å². The van der Waals surface area contributed by atoms with Crippen molar-refractivity contribution in [2.24, 2.45) is 0 Å². The molecule has 0 amide bonds. The maximum Gasteiger partial charge on any atom is 0.416 e. The number of hydrogen-bond acceptors (Lipinski definition) is 1.